The van der Waals surface area contributed by atoms with E-state index in [0.29, 0.717) is 11.3 Å². The van der Waals surface area contributed by atoms with Gasteiger partial charge in [0.1, 0.15) is 0 Å². The van der Waals surface area contributed by atoms with Gasteiger partial charge in [0.05, 0.1) is 5.56 Å². The number of esters is 1. The van der Waals surface area contributed by atoms with Crippen LogP contribution in [0.4, 0.5) is 10.5 Å². The highest BCUT2D eigenvalue weighted by molar-refractivity contribution is 7.99. The Morgan fingerprint density at radius 3 is 2.52 bits per heavy atom. The molecule has 0 spiro atoms. The van der Waals surface area contributed by atoms with Gasteiger partial charge in [0.2, 0.25) is 0 Å². The van der Waals surface area contributed by atoms with Crippen molar-refractivity contribution in [3.63, 3.8) is 0 Å². The third kappa shape index (κ3) is 6.14. The average molecular weight is 386 g/mol. The Kier molecular flexibility index (Phi) is 7.43. The SMILES string of the molecule is CCSc1ccccc1C(=O)OCC(=O)NC(=O)Nc1ccc(C)cc1C. The number of aryl methyl sites for hydroxylation is 2. The molecule has 0 aromatic heterocycles. The van der Waals surface area contributed by atoms with E-state index in [4.69, 9.17) is 4.74 Å². The number of nitrogens with one attached hydrogen (secondary N) is 2. The first kappa shape index (κ1) is 20.5. The monoisotopic (exact) mass is 386 g/mol. The highest BCUT2D eigenvalue weighted by Gasteiger charge is 2.15. The molecule has 0 aliphatic rings. The van der Waals surface area contributed by atoms with Crippen LogP contribution in [0.2, 0.25) is 0 Å². The second-order valence-corrected chi connectivity index (χ2v) is 7.13. The molecule has 0 atom stereocenters. The molecule has 0 unspecified atom stereocenters. The maximum absolute atomic E-state index is 12.2. The standard InChI is InChI=1S/C20H22N2O4S/c1-4-27-17-8-6-5-7-15(17)19(24)26-12-18(23)22-20(25)21-16-10-9-13(2)11-14(16)3/h5-11H,4,12H2,1-3H3,(H2,21,22,23,25). The third-order valence-electron chi connectivity index (χ3n) is 3.62. The molecule has 2 N–H and O–H groups in total. The Labute approximate surface area is 162 Å². The highest BCUT2D eigenvalue weighted by atomic mass is 32.2. The van der Waals surface area contributed by atoms with E-state index in [-0.39, 0.29) is 0 Å². The summed E-state index contributed by atoms with van der Waals surface area (Å²) < 4.78 is 5.02. The van der Waals surface area contributed by atoms with Crippen molar-refractivity contribution in [2.75, 3.05) is 17.7 Å². The Morgan fingerprint density at radius 2 is 1.81 bits per heavy atom. The van der Waals surface area contributed by atoms with Crippen LogP contribution in [0.15, 0.2) is 47.4 Å². The fourth-order valence-electron chi connectivity index (χ4n) is 2.40. The zero-order valence-electron chi connectivity index (χ0n) is 15.5. The Bertz CT molecular complexity index is 852. The number of anilines is 1. The zero-order chi connectivity index (χ0) is 19.8. The first-order chi connectivity index (χ1) is 12.9. The predicted octanol–water partition coefficient (Wildman–Crippen LogP) is 3.92. The summed E-state index contributed by atoms with van der Waals surface area (Å²) in [6, 6.07) is 11.9. The number of hydrogen-bond acceptors (Lipinski definition) is 5. The van der Waals surface area contributed by atoms with Gasteiger partial charge in [0.15, 0.2) is 6.61 Å². The van der Waals surface area contributed by atoms with E-state index in [2.05, 4.69) is 10.6 Å². The van der Waals surface area contributed by atoms with Crippen LogP contribution >= 0.6 is 11.8 Å². The summed E-state index contributed by atoms with van der Waals surface area (Å²) in [4.78, 5) is 36.8. The topological polar surface area (TPSA) is 84.5 Å². The molecule has 0 bridgehead atoms. The number of carbonyl (C=O) groups excluding carboxylic acids is 3. The van der Waals surface area contributed by atoms with Gasteiger partial charge < -0.3 is 10.1 Å². The van der Waals surface area contributed by atoms with Crippen LogP contribution in [0.5, 0.6) is 0 Å². The van der Waals surface area contributed by atoms with Gasteiger partial charge in [-0.25, -0.2) is 9.59 Å². The van der Waals surface area contributed by atoms with Crippen molar-refractivity contribution in [2.24, 2.45) is 0 Å². The van der Waals surface area contributed by atoms with Crippen molar-refractivity contribution < 1.29 is 19.1 Å². The van der Waals surface area contributed by atoms with Gasteiger partial charge in [0.25, 0.3) is 5.91 Å². The van der Waals surface area contributed by atoms with E-state index in [0.717, 1.165) is 21.8 Å². The lowest BCUT2D eigenvalue weighted by atomic mass is 10.1. The minimum absolute atomic E-state index is 0.400. The van der Waals surface area contributed by atoms with E-state index in [9.17, 15) is 14.4 Å². The van der Waals surface area contributed by atoms with Crippen molar-refractivity contribution in [3.05, 3.63) is 59.2 Å². The number of imide groups is 1. The van der Waals surface area contributed by atoms with Crippen LogP contribution in [0.3, 0.4) is 0 Å². The number of thioether (sulfide) groups is 1. The van der Waals surface area contributed by atoms with Gasteiger partial charge in [-0.05, 0) is 43.4 Å². The quantitative estimate of drug-likeness (QED) is 0.581. The number of urea groups is 1. The van der Waals surface area contributed by atoms with Crippen LogP contribution in [0.25, 0.3) is 0 Å². The van der Waals surface area contributed by atoms with Crippen molar-refractivity contribution in [1.29, 1.82) is 0 Å². The molecular weight excluding hydrogens is 364 g/mol. The minimum atomic E-state index is -0.703. The van der Waals surface area contributed by atoms with Gasteiger partial charge in [0, 0.05) is 10.6 Å². The largest absolute Gasteiger partial charge is 0.452 e. The average Bonchev–Trinajstić information content (AvgIpc) is 2.63. The number of amides is 3. The zero-order valence-corrected chi connectivity index (χ0v) is 16.3. The fourth-order valence-corrected chi connectivity index (χ4v) is 3.19. The van der Waals surface area contributed by atoms with Crippen molar-refractivity contribution >= 4 is 35.4 Å². The summed E-state index contributed by atoms with van der Waals surface area (Å²) in [5, 5.41) is 4.74. The minimum Gasteiger partial charge on any atom is -0.452 e. The molecule has 0 aliphatic carbocycles. The van der Waals surface area contributed by atoms with Crippen LogP contribution in [0, 0.1) is 13.8 Å². The molecule has 142 valence electrons. The second kappa shape index (κ2) is 9.78. The lowest BCUT2D eigenvalue weighted by molar-refractivity contribution is -0.123. The molecule has 0 radical (unpaired) electrons. The van der Waals surface area contributed by atoms with Crippen molar-refractivity contribution in [2.45, 2.75) is 25.7 Å². The van der Waals surface area contributed by atoms with E-state index in [1.807, 2.05) is 45.0 Å². The lowest BCUT2D eigenvalue weighted by Crippen LogP contribution is -2.37. The molecule has 7 heteroatoms. The van der Waals surface area contributed by atoms with Crippen LogP contribution in [-0.2, 0) is 9.53 Å². The molecule has 0 aliphatic heterocycles. The Hall–Kier alpha value is -2.80. The highest BCUT2D eigenvalue weighted by Crippen LogP contribution is 2.22. The molecule has 0 saturated carbocycles. The summed E-state index contributed by atoms with van der Waals surface area (Å²) in [5.74, 6) is -0.494. The smallest absolute Gasteiger partial charge is 0.339 e. The summed E-state index contributed by atoms with van der Waals surface area (Å²) in [6.07, 6.45) is 0. The molecule has 2 rings (SSSR count). The van der Waals surface area contributed by atoms with Gasteiger partial charge >= 0.3 is 12.0 Å². The van der Waals surface area contributed by atoms with Gasteiger partial charge in [-0.2, -0.15) is 0 Å². The van der Waals surface area contributed by atoms with E-state index < -0.39 is 24.5 Å². The number of hydrogen-bond donors (Lipinski definition) is 2. The van der Waals surface area contributed by atoms with Crippen molar-refractivity contribution in [3.8, 4) is 0 Å². The lowest BCUT2D eigenvalue weighted by Gasteiger charge is -2.11. The maximum atomic E-state index is 12.2. The second-order valence-electron chi connectivity index (χ2n) is 5.83. The first-order valence-electron chi connectivity index (χ1n) is 8.47. The Morgan fingerprint density at radius 1 is 1.07 bits per heavy atom. The fraction of sp³-hybridized carbons (Fsp3) is 0.250. The molecule has 2 aromatic carbocycles. The summed E-state index contributed by atoms with van der Waals surface area (Å²) in [6.45, 7) is 5.25. The summed E-state index contributed by atoms with van der Waals surface area (Å²) in [7, 11) is 0. The molecular formula is C20H22N2O4S. The summed E-state index contributed by atoms with van der Waals surface area (Å²) in [5.41, 5.74) is 2.96. The van der Waals surface area contributed by atoms with Crippen LogP contribution in [-0.4, -0.2) is 30.3 Å². The van der Waals surface area contributed by atoms with E-state index in [1.165, 1.54) is 11.8 Å². The molecule has 27 heavy (non-hydrogen) atoms. The maximum Gasteiger partial charge on any atom is 0.339 e. The predicted molar refractivity (Wildman–Crippen MR) is 106 cm³/mol. The Balaban J connectivity index is 1.87. The van der Waals surface area contributed by atoms with E-state index in [1.54, 1.807) is 18.2 Å². The number of ether oxygens (including phenoxy) is 1. The van der Waals surface area contributed by atoms with Crippen LogP contribution in [0.1, 0.15) is 28.4 Å². The number of benzene rings is 2. The first-order valence-corrected chi connectivity index (χ1v) is 9.46. The van der Waals surface area contributed by atoms with Crippen molar-refractivity contribution in [1.82, 2.24) is 5.32 Å². The molecule has 3 amide bonds. The molecule has 0 fully saturated rings. The van der Waals surface area contributed by atoms with Gasteiger partial charge in [-0.15, -0.1) is 11.8 Å². The third-order valence-corrected chi connectivity index (χ3v) is 4.58. The molecule has 0 heterocycles. The normalized spacial score (nSPS) is 10.2. The van der Waals surface area contributed by atoms with Gasteiger partial charge in [-0.1, -0.05) is 36.8 Å². The molecule has 0 saturated heterocycles. The molecule has 6 nitrogen and oxygen atoms in total. The number of carbonyl (C=O) groups is 3. The molecule has 2 aromatic rings. The van der Waals surface area contributed by atoms with Crippen LogP contribution < -0.4 is 10.6 Å². The van der Waals surface area contributed by atoms with Gasteiger partial charge in [-0.3, -0.25) is 10.1 Å². The number of rotatable bonds is 6. The van der Waals surface area contributed by atoms with E-state index >= 15 is 0 Å². The summed E-state index contributed by atoms with van der Waals surface area (Å²) >= 11 is 1.51.